The van der Waals surface area contributed by atoms with Crippen molar-refractivity contribution in [3.8, 4) is 11.5 Å². The summed E-state index contributed by atoms with van der Waals surface area (Å²) >= 11 is 6.34. The third-order valence-electron chi connectivity index (χ3n) is 7.11. The topological polar surface area (TPSA) is 79.5 Å². The molecule has 8 heteroatoms. The van der Waals surface area contributed by atoms with Gasteiger partial charge in [0.05, 0.1) is 5.69 Å². The van der Waals surface area contributed by atoms with E-state index in [0.29, 0.717) is 36.9 Å². The number of rotatable bonds is 7. The van der Waals surface area contributed by atoms with Gasteiger partial charge in [-0.3, -0.25) is 9.88 Å². The highest BCUT2D eigenvalue weighted by Gasteiger charge is 2.35. The van der Waals surface area contributed by atoms with E-state index in [-0.39, 0.29) is 6.04 Å². The highest BCUT2D eigenvalue weighted by Crippen LogP contribution is 2.40. The second-order valence-electron chi connectivity index (χ2n) is 9.82. The van der Waals surface area contributed by atoms with E-state index < -0.39 is 6.09 Å². The van der Waals surface area contributed by atoms with Crippen LogP contribution in [0.4, 0.5) is 10.5 Å². The zero-order chi connectivity index (χ0) is 27.5. The SMILES string of the molecule is Cc1ccc(OC(=O)N2CCc3c([nH]c4ccc(Cl)cc34)[C@@H]2c2ccc(OCCNc3cccnc3)cc2)cc1. The lowest BCUT2D eigenvalue weighted by molar-refractivity contribution is 0.135. The van der Waals surface area contributed by atoms with E-state index in [9.17, 15) is 4.79 Å². The number of nitrogens with one attached hydrogen (secondary N) is 2. The predicted molar refractivity (Wildman–Crippen MR) is 157 cm³/mol. The van der Waals surface area contributed by atoms with E-state index in [4.69, 9.17) is 21.1 Å². The van der Waals surface area contributed by atoms with E-state index in [1.807, 2.05) is 85.8 Å². The fraction of sp³-hybridized carbons (Fsp3) is 0.188. The molecule has 0 saturated heterocycles. The van der Waals surface area contributed by atoms with Crippen LogP contribution in [0.5, 0.6) is 11.5 Å². The number of fused-ring (bicyclic) bond motifs is 3. The van der Waals surface area contributed by atoms with Crippen LogP contribution in [0.1, 0.15) is 28.4 Å². The molecule has 1 aliphatic rings. The Hall–Kier alpha value is -4.49. The third kappa shape index (κ3) is 5.46. The maximum atomic E-state index is 13.5. The lowest BCUT2D eigenvalue weighted by atomic mass is 9.92. The number of hydrogen-bond acceptors (Lipinski definition) is 5. The van der Waals surface area contributed by atoms with E-state index in [1.165, 1.54) is 5.56 Å². The van der Waals surface area contributed by atoms with Crippen molar-refractivity contribution in [2.45, 2.75) is 19.4 Å². The minimum atomic E-state index is -0.391. The summed E-state index contributed by atoms with van der Waals surface area (Å²) in [5.74, 6) is 1.28. The molecule has 6 rings (SSSR count). The van der Waals surface area contributed by atoms with Crippen LogP contribution in [0.25, 0.3) is 10.9 Å². The number of anilines is 1. The van der Waals surface area contributed by atoms with Crippen molar-refractivity contribution >= 4 is 34.3 Å². The molecule has 0 aliphatic carbocycles. The number of aromatic nitrogens is 2. The number of carbonyl (C=O) groups is 1. The van der Waals surface area contributed by atoms with Crippen LogP contribution in [0.2, 0.25) is 5.02 Å². The number of carbonyl (C=O) groups excluding carboxylic acids is 1. The lowest BCUT2D eigenvalue weighted by Crippen LogP contribution is -2.42. The number of H-pyrrole nitrogens is 1. The van der Waals surface area contributed by atoms with Gasteiger partial charge in [0.15, 0.2) is 0 Å². The standard InChI is InChI=1S/C32H29ClN4O3/c1-21-4-9-26(10-5-21)40-32(38)37-17-14-27-28-19-23(33)8-13-29(28)36-30(27)31(37)22-6-11-25(12-7-22)39-18-16-35-24-3-2-15-34-20-24/h2-13,15,19-20,31,35-36H,14,16-18H2,1H3/t31-/m0/s1. The minimum absolute atomic E-state index is 0.353. The van der Waals surface area contributed by atoms with Crippen molar-refractivity contribution in [2.24, 2.45) is 0 Å². The van der Waals surface area contributed by atoms with E-state index in [0.717, 1.165) is 39.2 Å². The first-order valence-corrected chi connectivity index (χ1v) is 13.6. The molecule has 0 saturated carbocycles. The van der Waals surface area contributed by atoms with Crippen molar-refractivity contribution in [2.75, 3.05) is 25.0 Å². The minimum Gasteiger partial charge on any atom is -0.492 e. The van der Waals surface area contributed by atoms with Gasteiger partial charge in [0, 0.05) is 47.1 Å². The zero-order valence-electron chi connectivity index (χ0n) is 22.1. The number of halogens is 1. The van der Waals surface area contributed by atoms with Crippen molar-refractivity contribution < 1.29 is 14.3 Å². The number of ether oxygens (including phenoxy) is 2. The fourth-order valence-electron chi connectivity index (χ4n) is 5.15. The summed E-state index contributed by atoms with van der Waals surface area (Å²) in [5.41, 5.74) is 6.15. The van der Waals surface area contributed by atoms with Gasteiger partial charge >= 0.3 is 6.09 Å². The summed E-state index contributed by atoms with van der Waals surface area (Å²) in [6.07, 6.45) is 3.83. The maximum absolute atomic E-state index is 13.5. The molecule has 0 spiro atoms. The monoisotopic (exact) mass is 552 g/mol. The molecule has 0 unspecified atom stereocenters. The Morgan fingerprint density at radius 1 is 1.07 bits per heavy atom. The number of aryl methyl sites for hydroxylation is 1. The van der Waals surface area contributed by atoms with Crippen LogP contribution in [0.15, 0.2) is 91.3 Å². The summed E-state index contributed by atoms with van der Waals surface area (Å²) in [7, 11) is 0. The molecule has 5 aromatic rings. The van der Waals surface area contributed by atoms with Gasteiger partial charge < -0.3 is 19.8 Å². The van der Waals surface area contributed by atoms with Crippen molar-refractivity contribution in [3.63, 3.8) is 0 Å². The summed E-state index contributed by atoms with van der Waals surface area (Å²) in [6.45, 7) is 3.66. The second kappa shape index (κ2) is 11.3. The van der Waals surface area contributed by atoms with Gasteiger partial charge in [-0.25, -0.2) is 4.79 Å². The second-order valence-corrected chi connectivity index (χ2v) is 10.3. The molecule has 1 atom stereocenters. The Morgan fingerprint density at radius 2 is 1.88 bits per heavy atom. The number of amides is 1. The molecule has 40 heavy (non-hydrogen) atoms. The van der Waals surface area contributed by atoms with E-state index in [1.54, 1.807) is 17.3 Å². The molecule has 0 fully saturated rings. The van der Waals surface area contributed by atoms with Crippen molar-refractivity contribution in [1.29, 1.82) is 0 Å². The lowest BCUT2D eigenvalue weighted by Gasteiger charge is -2.35. The highest BCUT2D eigenvalue weighted by molar-refractivity contribution is 6.31. The highest BCUT2D eigenvalue weighted by atomic mass is 35.5. The van der Waals surface area contributed by atoms with Gasteiger partial charge in [-0.15, -0.1) is 0 Å². The van der Waals surface area contributed by atoms with Gasteiger partial charge in [-0.05, 0) is 79.1 Å². The molecule has 3 heterocycles. The zero-order valence-corrected chi connectivity index (χ0v) is 22.8. The molecule has 2 aromatic heterocycles. The molecule has 0 bridgehead atoms. The molecule has 3 aromatic carbocycles. The van der Waals surface area contributed by atoms with Gasteiger partial charge in [0.1, 0.15) is 24.1 Å². The van der Waals surface area contributed by atoms with Crippen molar-refractivity contribution in [1.82, 2.24) is 14.9 Å². The Labute approximate surface area is 237 Å². The van der Waals surface area contributed by atoms with Crippen LogP contribution in [0, 0.1) is 6.92 Å². The molecular formula is C32H29ClN4O3. The first kappa shape index (κ1) is 25.8. The van der Waals surface area contributed by atoms with Crippen LogP contribution in [0.3, 0.4) is 0 Å². The van der Waals surface area contributed by atoms with E-state index in [2.05, 4.69) is 15.3 Å². The number of nitrogens with zero attached hydrogens (tertiary/aromatic N) is 2. The molecule has 1 amide bonds. The first-order valence-electron chi connectivity index (χ1n) is 13.3. The number of benzene rings is 3. The number of pyridine rings is 1. The van der Waals surface area contributed by atoms with Crippen LogP contribution in [-0.2, 0) is 6.42 Å². The van der Waals surface area contributed by atoms with Crippen molar-refractivity contribution in [3.05, 3.63) is 119 Å². The normalized spacial score (nSPS) is 14.6. The fourth-order valence-corrected chi connectivity index (χ4v) is 5.32. The summed E-state index contributed by atoms with van der Waals surface area (Å²) in [5, 5.41) is 5.06. The predicted octanol–water partition coefficient (Wildman–Crippen LogP) is 7.16. The van der Waals surface area contributed by atoms with Crippen LogP contribution < -0.4 is 14.8 Å². The van der Waals surface area contributed by atoms with Gasteiger partial charge in [0.25, 0.3) is 0 Å². The van der Waals surface area contributed by atoms with Crippen LogP contribution >= 0.6 is 11.6 Å². The molecule has 2 N–H and O–H groups in total. The van der Waals surface area contributed by atoms with Gasteiger partial charge in [0.2, 0.25) is 0 Å². The largest absolute Gasteiger partial charge is 0.492 e. The average molecular weight is 553 g/mol. The van der Waals surface area contributed by atoms with Crippen LogP contribution in [-0.4, -0.2) is 40.7 Å². The Balaban J connectivity index is 1.25. The number of hydrogen-bond donors (Lipinski definition) is 2. The summed E-state index contributed by atoms with van der Waals surface area (Å²) < 4.78 is 11.8. The van der Waals surface area contributed by atoms with Gasteiger partial charge in [-0.2, -0.15) is 0 Å². The first-order chi connectivity index (χ1) is 19.5. The Morgan fingerprint density at radius 3 is 2.65 bits per heavy atom. The Kier molecular flexibility index (Phi) is 7.29. The summed E-state index contributed by atoms with van der Waals surface area (Å²) in [6, 6.07) is 24.7. The molecule has 1 aliphatic heterocycles. The quantitative estimate of drug-likeness (QED) is 0.209. The van der Waals surface area contributed by atoms with Gasteiger partial charge in [-0.1, -0.05) is 41.4 Å². The Bertz CT molecular complexity index is 1620. The average Bonchev–Trinajstić information content (AvgIpc) is 3.35. The molecule has 0 radical (unpaired) electrons. The molecule has 202 valence electrons. The molecule has 7 nitrogen and oxygen atoms in total. The molecular weight excluding hydrogens is 524 g/mol. The third-order valence-corrected chi connectivity index (χ3v) is 7.34. The van der Waals surface area contributed by atoms with E-state index >= 15 is 0 Å². The smallest absolute Gasteiger partial charge is 0.416 e. The number of aromatic amines is 1. The summed E-state index contributed by atoms with van der Waals surface area (Å²) in [4.78, 5) is 23.0. The maximum Gasteiger partial charge on any atom is 0.416 e.